The van der Waals surface area contributed by atoms with Gasteiger partial charge in [-0.25, -0.2) is 9.78 Å². The SMILES string of the molecule is CC(C)CC(C)(N)COc1ccc(-c2ccnc(OC(N)=O)c2)cc1Cl. The van der Waals surface area contributed by atoms with E-state index in [-0.39, 0.29) is 5.88 Å². The Bertz CT molecular complexity index is 778. The zero-order valence-electron chi connectivity index (χ0n) is 15.2. The molecule has 0 spiro atoms. The van der Waals surface area contributed by atoms with E-state index in [1.165, 1.54) is 6.20 Å². The Hall–Kier alpha value is -2.31. The molecule has 0 saturated carbocycles. The molecular formula is C19H24ClN3O3. The zero-order valence-corrected chi connectivity index (χ0v) is 15.9. The summed E-state index contributed by atoms with van der Waals surface area (Å²) in [5.41, 5.74) is 12.5. The van der Waals surface area contributed by atoms with Crippen molar-refractivity contribution in [1.29, 1.82) is 0 Å². The number of pyridine rings is 1. The van der Waals surface area contributed by atoms with Gasteiger partial charge in [-0.2, -0.15) is 0 Å². The summed E-state index contributed by atoms with van der Waals surface area (Å²) < 4.78 is 10.6. The molecule has 140 valence electrons. The molecule has 2 rings (SSSR count). The van der Waals surface area contributed by atoms with Crippen molar-refractivity contribution >= 4 is 17.7 Å². The summed E-state index contributed by atoms with van der Waals surface area (Å²) in [5.74, 6) is 1.17. The smallest absolute Gasteiger partial charge is 0.411 e. The van der Waals surface area contributed by atoms with Crippen molar-refractivity contribution in [3.63, 3.8) is 0 Å². The van der Waals surface area contributed by atoms with Gasteiger partial charge in [-0.3, -0.25) is 0 Å². The lowest BCUT2D eigenvalue weighted by Gasteiger charge is -2.26. The van der Waals surface area contributed by atoms with Crippen LogP contribution in [-0.4, -0.2) is 23.2 Å². The number of carbonyl (C=O) groups excluding carboxylic acids is 1. The molecule has 0 saturated heterocycles. The second-order valence-electron chi connectivity index (χ2n) is 6.99. The number of benzene rings is 1. The molecule has 0 fully saturated rings. The number of rotatable bonds is 7. The van der Waals surface area contributed by atoms with E-state index in [1.807, 2.05) is 13.0 Å². The maximum Gasteiger partial charge on any atom is 0.411 e. The molecule has 2 aromatic rings. The largest absolute Gasteiger partial charge is 0.490 e. The topological polar surface area (TPSA) is 100 Å². The summed E-state index contributed by atoms with van der Waals surface area (Å²) in [6, 6.07) is 8.81. The van der Waals surface area contributed by atoms with E-state index in [2.05, 4.69) is 18.8 Å². The number of primary amides is 1. The average Bonchev–Trinajstić information content (AvgIpc) is 2.52. The normalized spacial score (nSPS) is 13.3. The number of hydrogen-bond acceptors (Lipinski definition) is 5. The molecule has 1 unspecified atom stereocenters. The average molecular weight is 378 g/mol. The Morgan fingerprint density at radius 3 is 2.58 bits per heavy atom. The third kappa shape index (κ3) is 5.89. The minimum atomic E-state index is -0.914. The van der Waals surface area contributed by atoms with Gasteiger partial charge >= 0.3 is 6.09 Å². The molecule has 0 aliphatic heterocycles. The monoisotopic (exact) mass is 377 g/mol. The van der Waals surface area contributed by atoms with Crippen molar-refractivity contribution in [3.05, 3.63) is 41.6 Å². The summed E-state index contributed by atoms with van der Waals surface area (Å²) in [6.07, 6.45) is 1.46. The highest BCUT2D eigenvalue weighted by Crippen LogP contribution is 2.32. The fourth-order valence-corrected chi connectivity index (χ4v) is 3.01. The van der Waals surface area contributed by atoms with Gasteiger partial charge in [0.25, 0.3) is 0 Å². The summed E-state index contributed by atoms with van der Waals surface area (Å²) >= 11 is 6.35. The van der Waals surface area contributed by atoms with Crippen molar-refractivity contribution in [2.75, 3.05) is 6.61 Å². The second-order valence-corrected chi connectivity index (χ2v) is 7.40. The molecule has 4 N–H and O–H groups in total. The van der Waals surface area contributed by atoms with E-state index in [0.29, 0.717) is 23.3 Å². The first-order valence-corrected chi connectivity index (χ1v) is 8.69. The number of nitrogens with zero attached hydrogens (tertiary/aromatic N) is 1. The molecule has 1 aromatic carbocycles. The number of halogens is 1. The standard InChI is InChI=1S/C19H24ClN3O3/c1-12(2)10-19(3,22)11-25-16-5-4-13(8-15(16)20)14-6-7-23-17(9-14)26-18(21)24/h4-9,12H,10-11,22H2,1-3H3,(H2,21,24). The molecule has 7 heteroatoms. The summed E-state index contributed by atoms with van der Waals surface area (Å²) in [4.78, 5) is 14.8. The zero-order chi connectivity index (χ0) is 19.3. The first-order chi connectivity index (χ1) is 12.2. The van der Waals surface area contributed by atoms with Crippen molar-refractivity contribution < 1.29 is 14.3 Å². The van der Waals surface area contributed by atoms with Gasteiger partial charge in [0.1, 0.15) is 12.4 Å². The highest BCUT2D eigenvalue weighted by molar-refractivity contribution is 6.32. The van der Waals surface area contributed by atoms with E-state index in [9.17, 15) is 4.79 Å². The van der Waals surface area contributed by atoms with Gasteiger partial charge in [-0.05, 0) is 48.6 Å². The summed E-state index contributed by atoms with van der Waals surface area (Å²) in [5, 5.41) is 0.469. The molecule has 6 nitrogen and oxygen atoms in total. The number of nitrogens with two attached hydrogens (primary N) is 2. The minimum absolute atomic E-state index is 0.124. The lowest BCUT2D eigenvalue weighted by atomic mass is 9.93. The van der Waals surface area contributed by atoms with Crippen LogP contribution in [0.5, 0.6) is 11.6 Å². The van der Waals surface area contributed by atoms with Crippen LogP contribution in [0.3, 0.4) is 0 Å². The van der Waals surface area contributed by atoms with Crippen molar-refractivity contribution in [2.45, 2.75) is 32.7 Å². The molecule has 0 aliphatic rings. The molecule has 0 aliphatic carbocycles. The quantitative estimate of drug-likeness (QED) is 0.759. The second kappa shape index (κ2) is 8.38. The minimum Gasteiger partial charge on any atom is -0.490 e. The van der Waals surface area contributed by atoms with Gasteiger partial charge in [0, 0.05) is 17.8 Å². The van der Waals surface area contributed by atoms with E-state index in [1.54, 1.807) is 24.3 Å². The Balaban J connectivity index is 2.13. The number of aromatic nitrogens is 1. The first-order valence-electron chi connectivity index (χ1n) is 8.31. The molecule has 0 bridgehead atoms. The third-order valence-electron chi connectivity index (χ3n) is 3.64. The van der Waals surface area contributed by atoms with Crippen molar-refractivity contribution in [2.24, 2.45) is 17.4 Å². The molecule has 26 heavy (non-hydrogen) atoms. The number of ether oxygens (including phenoxy) is 2. The number of carbonyl (C=O) groups is 1. The van der Waals surface area contributed by atoms with Crippen LogP contribution in [0.4, 0.5) is 4.79 Å². The molecular weight excluding hydrogens is 354 g/mol. The predicted octanol–water partition coefficient (Wildman–Crippen LogP) is 4.00. The van der Waals surface area contributed by atoms with Gasteiger partial charge in [-0.15, -0.1) is 0 Å². The lowest BCUT2D eigenvalue weighted by molar-refractivity contribution is 0.207. The Morgan fingerprint density at radius 1 is 1.27 bits per heavy atom. The molecule has 1 atom stereocenters. The van der Waals surface area contributed by atoms with Gasteiger partial charge in [0.15, 0.2) is 0 Å². The van der Waals surface area contributed by atoms with Gasteiger partial charge in [-0.1, -0.05) is 31.5 Å². The van der Waals surface area contributed by atoms with E-state index < -0.39 is 11.6 Å². The van der Waals surface area contributed by atoms with Crippen LogP contribution in [0.25, 0.3) is 11.1 Å². The van der Waals surface area contributed by atoms with Crippen LogP contribution in [0.2, 0.25) is 5.02 Å². The fraction of sp³-hybridized carbons (Fsp3) is 0.368. The number of amides is 1. The Labute approximate surface area is 158 Å². The maximum absolute atomic E-state index is 10.8. The van der Waals surface area contributed by atoms with Crippen molar-refractivity contribution in [3.8, 4) is 22.8 Å². The Morgan fingerprint density at radius 2 is 1.96 bits per heavy atom. The lowest BCUT2D eigenvalue weighted by Crippen LogP contribution is -2.43. The fourth-order valence-electron chi connectivity index (χ4n) is 2.78. The van der Waals surface area contributed by atoms with Crippen molar-refractivity contribution in [1.82, 2.24) is 4.98 Å². The number of hydrogen-bond donors (Lipinski definition) is 2. The molecule has 1 amide bonds. The van der Waals surface area contributed by atoms with Gasteiger partial charge < -0.3 is 20.9 Å². The van der Waals surface area contributed by atoms with Crippen LogP contribution in [0.1, 0.15) is 27.2 Å². The summed E-state index contributed by atoms with van der Waals surface area (Å²) in [7, 11) is 0. The van der Waals surface area contributed by atoms with Gasteiger partial charge in [0.2, 0.25) is 5.88 Å². The highest BCUT2D eigenvalue weighted by atomic mass is 35.5. The molecule has 1 heterocycles. The summed E-state index contributed by atoms with van der Waals surface area (Å²) in [6.45, 7) is 6.58. The predicted molar refractivity (Wildman–Crippen MR) is 102 cm³/mol. The van der Waals surface area contributed by atoms with Crippen LogP contribution < -0.4 is 20.9 Å². The Kier molecular flexibility index (Phi) is 6.45. The molecule has 1 aromatic heterocycles. The highest BCUT2D eigenvalue weighted by Gasteiger charge is 2.21. The molecule has 0 radical (unpaired) electrons. The van der Waals surface area contributed by atoms with Crippen LogP contribution in [0.15, 0.2) is 36.5 Å². The first kappa shape index (κ1) is 20.0. The van der Waals surface area contributed by atoms with E-state index in [0.717, 1.165) is 17.5 Å². The maximum atomic E-state index is 10.8. The van der Waals surface area contributed by atoms with E-state index >= 15 is 0 Å². The van der Waals surface area contributed by atoms with Crippen LogP contribution >= 0.6 is 11.6 Å². The van der Waals surface area contributed by atoms with Gasteiger partial charge in [0.05, 0.1) is 5.02 Å². The van der Waals surface area contributed by atoms with E-state index in [4.69, 9.17) is 32.5 Å². The van der Waals surface area contributed by atoms with Crippen LogP contribution in [0, 0.1) is 5.92 Å². The van der Waals surface area contributed by atoms with Crippen LogP contribution in [-0.2, 0) is 0 Å². The third-order valence-corrected chi connectivity index (χ3v) is 3.93.